The van der Waals surface area contributed by atoms with Crippen molar-refractivity contribution in [2.24, 2.45) is 5.73 Å². The van der Waals surface area contributed by atoms with Gasteiger partial charge in [0.25, 0.3) is 0 Å². The summed E-state index contributed by atoms with van der Waals surface area (Å²) in [6, 6.07) is 6.00. The molecule has 1 aliphatic rings. The zero-order chi connectivity index (χ0) is 12.3. The van der Waals surface area contributed by atoms with Gasteiger partial charge in [-0.3, -0.25) is 4.90 Å². The Morgan fingerprint density at radius 3 is 3.06 bits per heavy atom. The van der Waals surface area contributed by atoms with E-state index in [4.69, 9.17) is 22.1 Å². The van der Waals surface area contributed by atoms with Crippen LogP contribution in [0.15, 0.2) is 22.7 Å². The molecule has 1 saturated heterocycles. The van der Waals surface area contributed by atoms with Crippen LogP contribution in [0.2, 0.25) is 5.02 Å². The van der Waals surface area contributed by atoms with Crippen LogP contribution in [0.4, 0.5) is 0 Å². The molecule has 0 radical (unpaired) electrons. The first-order chi connectivity index (χ1) is 8.19. The molecule has 94 valence electrons. The fourth-order valence-corrected chi connectivity index (χ4v) is 2.69. The second-order valence-electron chi connectivity index (χ2n) is 4.20. The maximum atomic E-state index is 6.21. The van der Waals surface area contributed by atoms with E-state index in [1.807, 2.05) is 12.1 Å². The predicted molar refractivity (Wildman–Crippen MR) is 73.2 cm³/mol. The summed E-state index contributed by atoms with van der Waals surface area (Å²) < 4.78 is 6.54. The monoisotopic (exact) mass is 318 g/mol. The lowest BCUT2D eigenvalue weighted by Crippen LogP contribution is -2.45. The SMILES string of the molecule is NCC1CN(Cc2ccc(Br)cc2Cl)CCO1. The number of hydrogen-bond donors (Lipinski definition) is 1. The first kappa shape index (κ1) is 13.3. The molecule has 1 aromatic rings. The molecular weight excluding hydrogens is 304 g/mol. The summed E-state index contributed by atoms with van der Waals surface area (Å²) in [5.74, 6) is 0. The highest BCUT2D eigenvalue weighted by atomic mass is 79.9. The van der Waals surface area contributed by atoms with Crippen molar-refractivity contribution in [1.82, 2.24) is 4.90 Å². The average molecular weight is 320 g/mol. The van der Waals surface area contributed by atoms with Gasteiger partial charge in [-0.2, -0.15) is 0 Å². The normalized spacial score (nSPS) is 21.7. The highest BCUT2D eigenvalue weighted by molar-refractivity contribution is 9.10. The molecule has 2 N–H and O–H groups in total. The van der Waals surface area contributed by atoms with Gasteiger partial charge < -0.3 is 10.5 Å². The van der Waals surface area contributed by atoms with Crippen molar-refractivity contribution in [3.63, 3.8) is 0 Å². The second-order valence-corrected chi connectivity index (χ2v) is 5.52. The highest BCUT2D eigenvalue weighted by Crippen LogP contribution is 2.23. The summed E-state index contributed by atoms with van der Waals surface area (Å²) in [6.07, 6.45) is 0.151. The third kappa shape index (κ3) is 3.66. The molecule has 5 heteroatoms. The minimum atomic E-state index is 0.151. The largest absolute Gasteiger partial charge is 0.374 e. The molecule has 1 fully saturated rings. The van der Waals surface area contributed by atoms with Crippen LogP contribution in [0.5, 0.6) is 0 Å². The van der Waals surface area contributed by atoms with Crippen LogP contribution in [0, 0.1) is 0 Å². The molecule has 1 aliphatic heterocycles. The number of benzene rings is 1. The van der Waals surface area contributed by atoms with Crippen LogP contribution in [-0.2, 0) is 11.3 Å². The molecule has 2 rings (SSSR count). The second kappa shape index (κ2) is 6.16. The van der Waals surface area contributed by atoms with Gasteiger partial charge in [-0.25, -0.2) is 0 Å². The number of morpholine rings is 1. The number of nitrogens with two attached hydrogens (primary N) is 1. The van der Waals surface area contributed by atoms with Gasteiger partial charge in [0.15, 0.2) is 0 Å². The summed E-state index contributed by atoms with van der Waals surface area (Å²) in [6.45, 7) is 3.98. The van der Waals surface area contributed by atoms with E-state index in [0.717, 1.165) is 41.3 Å². The zero-order valence-electron chi connectivity index (χ0n) is 9.53. The summed E-state index contributed by atoms with van der Waals surface area (Å²) in [7, 11) is 0. The van der Waals surface area contributed by atoms with Crippen LogP contribution in [-0.4, -0.2) is 37.2 Å². The van der Waals surface area contributed by atoms with Gasteiger partial charge in [0, 0.05) is 35.7 Å². The predicted octanol–water partition coefficient (Wildman–Crippen LogP) is 2.26. The lowest BCUT2D eigenvalue weighted by molar-refractivity contribution is -0.0260. The molecule has 17 heavy (non-hydrogen) atoms. The lowest BCUT2D eigenvalue weighted by Gasteiger charge is -2.32. The third-order valence-corrected chi connectivity index (χ3v) is 3.74. The zero-order valence-corrected chi connectivity index (χ0v) is 11.9. The molecule has 1 aromatic carbocycles. The Bertz CT molecular complexity index is 389. The lowest BCUT2D eigenvalue weighted by atomic mass is 10.2. The minimum Gasteiger partial charge on any atom is -0.374 e. The molecule has 3 nitrogen and oxygen atoms in total. The standard InChI is InChI=1S/C12H16BrClN2O/c13-10-2-1-9(12(14)5-10)7-16-3-4-17-11(6-15)8-16/h1-2,5,11H,3-4,6-8,15H2. The average Bonchev–Trinajstić information content (AvgIpc) is 2.33. The molecule has 1 heterocycles. The van der Waals surface area contributed by atoms with Crippen LogP contribution >= 0.6 is 27.5 Å². The quantitative estimate of drug-likeness (QED) is 0.929. The molecule has 0 aromatic heterocycles. The summed E-state index contributed by atoms with van der Waals surface area (Å²) >= 11 is 9.61. The van der Waals surface area contributed by atoms with E-state index in [1.54, 1.807) is 0 Å². The molecule has 1 unspecified atom stereocenters. The Balaban J connectivity index is 2.00. The van der Waals surface area contributed by atoms with Gasteiger partial charge >= 0.3 is 0 Å². The minimum absolute atomic E-state index is 0.151. The Hall–Kier alpha value is -0.130. The van der Waals surface area contributed by atoms with Gasteiger partial charge in [-0.15, -0.1) is 0 Å². The van der Waals surface area contributed by atoms with Gasteiger partial charge in [-0.05, 0) is 17.7 Å². The topological polar surface area (TPSA) is 38.5 Å². The van der Waals surface area contributed by atoms with E-state index in [0.29, 0.717) is 6.54 Å². The third-order valence-electron chi connectivity index (χ3n) is 2.89. The van der Waals surface area contributed by atoms with E-state index in [-0.39, 0.29) is 6.10 Å². The van der Waals surface area contributed by atoms with Gasteiger partial charge in [0.05, 0.1) is 12.7 Å². The smallest absolute Gasteiger partial charge is 0.0824 e. The molecule has 0 spiro atoms. The number of nitrogens with zero attached hydrogens (tertiary/aromatic N) is 1. The van der Waals surface area contributed by atoms with Crippen molar-refractivity contribution < 1.29 is 4.74 Å². The van der Waals surface area contributed by atoms with Crippen LogP contribution in [0.25, 0.3) is 0 Å². The van der Waals surface area contributed by atoms with E-state index in [2.05, 4.69) is 26.9 Å². The maximum Gasteiger partial charge on any atom is 0.0824 e. The first-order valence-electron chi connectivity index (χ1n) is 5.67. The molecule has 0 saturated carbocycles. The molecule has 0 bridgehead atoms. The van der Waals surface area contributed by atoms with Crippen molar-refractivity contribution in [2.45, 2.75) is 12.6 Å². The Morgan fingerprint density at radius 2 is 2.35 bits per heavy atom. The number of hydrogen-bond acceptors (Lipinski definition) is 3. The van der Waals surface area contributed by atoms with Gasteiger partial charge in [0.1, 0.15) is 0 Å². The Labute approximate surface area is 115 Å². The maximum absolute atomic E-state index is 6.21. The van der Waals surface area contributed by atoms with Gasteiger partial charge in [-0.1, -0.05) is 33.6 Å². The van der Waals surface area contributed by atoms with Crippen molar-refractivity contribution in [3.8, 4) is 0 Å². The fourth-order valence-electron chi connectivity index (χ4n) is 1.96. The molecule has 0 amide bonds. The van der Waals surface area contributed by atoms with Crippen LogP contribution in [0.1, 0.15) is 5.56 Å². The van der Waals surface area contributed by atoms with Crippen molar-refractivity contribution >= 4 is 27.5 Å². The summed E-state index contributed by atoms with van der Waals surface area (Å²) in [5, 5.41) is 0.801. The van der Waals surface area contributed by atoms with E-state index in [9.17, 15) is 0 Å². The number of ether oxygens (including phenoxy) is 1. The molecule has 0 aliphatic carbocycles. The summed E-state index contributed by atoms with van der Waals surface area (Å²) in [4.78, 5) is 2.33. The van der Waals surface area contributed by atoms with E-state index < -0.39 is 0 Å². The number of halogens is 2. The van der Waals surface area contributed by atoms with Crippen LogP contribution in [0.3, 0.4) is 0 Å². The van der Waals surface area contributed by atoms with Crippen molar-refractivity contribution in [2.75, 3.05) is 26.2 Å². The number of rotatable bonds is 3. The Morgan fingerprint density at radius 1 is 1.53 bits per heavy atom. The van der Waals surface area contributed by atoms with E-state index >= 15 is 0 Å². The van der Waals surface area contributed by atoms with Gasteiger partial charge in [0.2, 0.25) is 0 Å². The van der Waals surface area contributed by atoms with Crippen LogP contribution < -0.4 is 5.73 Å². The Kier molecular flexibility index (Phi) is 4.82. The van der Waals surface area contributed by atoms with Crippen molar-refractivity contribution in [3.05, 3.63) is 33.3 Å². The fraction of sp³-hybridized carbons (Fsp3) is 0.500. The summed E-state index contributed by atoms with van der Waals surface area (Å²) in [5.41, 5.74) is 6.77. The van der Waals surface area contributed by atoms with Crippen molar-refractivity contribution in [1.29, 1.82) is 0 Å². The highest BCUT2D eigenvalue weighted by Gasteiger charge is 2.19. The van der Waals surface area contributed by atoms with E-state index in [1.165, 1.54) is 0 Å². The molecule has 1 atom stereocenters. The molecular formula is C12H16BrClN2O. The first-order valence-corrected chi connectivity index (χ1v) is 6.84.